The molecule has 0 saturated carbocycles. The van der Waals surface area contributed by atoms with Crippen molar-refractivity contribution >= 4 is 20.2 Å². The third kappa shape index (κ3) is 6.34. The van der Waals surface area contributed by atoms with Crippen molar-refractivity contribution in [3.8, 4) is 0 Å². The summed E-state index contributed by atoms with van der Waals surface area (Å²) in [6, 6.07) is 0. The molecule has 6 nitrogen and oxygen atoms in total. The van der Waals surface area contributed by atoms with Gasteiger partial charge in [0.2, 0.25) is 0 Å². The topological polar surface area (TPSA) is 86.7 Å². The second kappa shape index (κ2) is 6.55. The zero-order chi connectivity index (χ0) is 15.6. The van der Waals surface area contributed by atoms with Gasteiger partial charge in [-0.15, -0.1) is 0 Å². The Kier molecular flexibility index (Phi) is 5.77. The summed E-state index contributed by atoms with van der Waals surface area (Å²) in [7, 11) is -6.99. The Morgan fingerprint density at radius 2 is 1.15 bits per heavy atom. The third-order valence-corrected chi connectivity index (χ3v) is 4.65. The van der Waals surface area contributed by atoms with E-state index in [1.54, 1.807) is 0 Å². The van der Waals surface area contributed by atoms with Crippen molar-refractivity contribution in [2.24, 2.45) is 11.8 Å². The molecule has 0 spiro atoms. The SMILES string of the molecule is CC1=C(C)CC(COS(C)(=O)=O)C(COS(C)(=O)=O)C1. The van der Waals surface area contributed by atoms with E-state index in [0.717, 1.165) is 12.5 Å². The van der Waals surface area contributed by atoms with Crippen LogP contribution < -0.4 is 0 Å². The highest BCUT2D eigenvalue weighted by Gasteiger charge is 2.29. The maximum atomic E-state index is 11.1. The zero-order valence-electron chi connectivity index (χ0n) is 12.2. The lowest BCUT2D eigenvalue weighted by Crippen LogP contribution is -2.30. The molecule has 1 aliphatic carbocycles. The van der Waals surface area contributed by atoms with Gasteiger partial charge in [-0.05, 0) is 38.5 Å². The maximum absolute atomic E-state index is 11.1. The van der Waals surface area contributed by atoms with E-state index in [1.165, 1.54) is 11.1 Å². The summed E-state index contributed by atoms with van der Waals surface area (Å²) in [6.45, 7) is 4.11. The number of hydrogen-bond donors (Lipinski definition) is 0. The van der Waals surface area contributed by atoms with Gasteiger partial charge in [-0.1, -0.05) is 11.1 Å². The highest BCUT2D eigenvalue weighted by Crippen LogP contribution is 2.34. The fourth-order valence-corrected chi connectivity index (χ4v) is 3.12. The molecular weight excluding hydrogens is 304 g/mol. The molecule has 0 aromatic carbocycles. The lowest BCUT2D eigenvalue weighted by atomic mass is 9.77. The first kappa shape index (κ1) is 17.6. The van der Waals surface area contributed by atoms with Gasteiger partial charge < -0.3 is 0 Å². The van der Waals surface area contributed by atoms with E-state index in [4.69, 9.17) is 8.37 Å². The average Bonchev–Trinajstić information content (AvgIpc) is 2.26. The van der Waals surface area contributed by atoms with Gasteiger partial charge in [-0.25, -0.2) is 0 Å². The fourth-order valence-electron chi connectivity index (χ4n) is 2.28. The first-order valence-corrected chi connectivity index (χ1v) is 9.95. The minimum atomic E-state index is -3.50. The van der Waals surface area contributed by atoms with Gasteiger partial charge in [-0.2, -0.15) is 16.8 Å². The van der Waals surface area contributed by atoms with Gasteiger partial charge in [0, 0.05) is 0 Å². The van der Waals surface area contributed by atoms with Crippen LogP contribution in [0.4, 0.5) is 0 Å². The summed E-state index contributed by atoms with van der Waals surface area (Å²) < 4.78 is 54.0. The van der Waals surface area contributed by atoms with Crippen molar-refractivity contribution in [1.29, 1.82) is 0 Å². The largest absolute Gasteiger partial charge is 0.270 e. The molecule has 0 aliphatic heterocycles. The van der Waals surface area contributed by atoms with Crippen LogP contribution in [0.25, 0.3) is 0 Å². The molecule has 0 amide bonds. The maximum Gasteiger partial charge on any atom is 0.264 e. The predicted octanol–water partition coefficient (Wildman–Crippen LogP) is 1.30. The molecule has 20 heavy (non-hydrogen) atoms. The number of allylic oxidation sites excluding steroid dienone is 2. The lowest BCUT2D eigenvalue weighted by Gasteiger charge is -2.32. The van der Waals surface area contributed by atoms with Crippen molar-refractivity contribution in [1.82, 2.24) is 0 Å². The molecule has 0 saturated heterocycles. The number of rotatable bonds is 6. The van der Waals surface area contributed by atoms with Crippen LogP contribution in [-0.4, -0.2) is 42.6 Å². The van der Waals surface area contributed by atoms with Crippen LogP contribution in [0.1, 0.15) is 26.7 Å². The van der Waals surface area contributed by atoms with Crippen LogP contribution in [0.5, 0.6) is 0 Å². The van der Waals surface area contributed by atoms with Crippen molar-refractivity contribution in [3.05, 3.63) is 11.1 Å². The Labute approximate surface area is 121 Å². The minimum absolute atomic E-state index is 0.0568. The van der Waals surface area contributed by atoms with Crippen LogP contribution in [0.15, 0.2) is 11.1 Å². The lowest BCUT2D eigenvalue weighted by molar-refractivity contribution is 0.140. The van der Waals surface area contributed by atoms with Gasteiger partial charge in [0.15, 0.2) is 0 Å². The molecule has 0 heterocycles. The first-order chi connectivity index (χ1) is 8.98. The molecule has 2 atom stereocenters. The minimum Gasteiger partial charge on any atom is -0.270 e. The van der Waals surface area contributed by atoms with E-state index in [2.05, 4.69) is 0 Å². The zero-order valence-corrected chi connectivity index (χ0v) is 13.9. The van der Waals surface area contributed by atoms with E-state index in [-0.39, 0.29) is 25.0 Å². The van der Waals surface area contributed by atoms with Gasteiger partial charge in [0.25, 0.3) is 20.2 Å². The van der Waals surface area contributed by atoms with Crippen molar-refractivity contribution < 1.29 is 25.2 Å². The summed E-state index contributed by atoms with van der Waals surface area (Å²) in [4.78, 5) is 0. The average molecular weight is 326 g/mol. The highest BCUT2D eigenvalue weighted by atomic mass is 32.2. The molecule has 0 N–H and O–H groups in total. The molecule has 2 unspecified atom stereocenters. The molecule has 0 bridgehead atoms. The standard InChI is InChI=1S/C12H22O6S2/c1-9-5-11(7-17-19(3,13)14)12(6-10(9)2)8-18-20(4,15)16/h11-12H,5-8H2,1-4H3. The molecule has 1 rings (SSSR count). The molecule has 1 aliphatic rings. The summed E-state index contributed by atoms with van der Waals surface area (Å²) in [5.41, 5.74) is 2.39. The summed E-state index contributed by atoms with van der Waals surface area (Å²) >= 11 is 0. The van der Waals surface area contributed by atoms with Crippen molar-refractivity contribution in [2.45, 2.75) is 26.7 Å². The number of hydrogen-bond acceptors (Lipinski definition) is 6. The fraction of sp³-hybridized carbons (Fsp3) is 0.833. The van der Waals surface area contributed by atoms with Crippen LogP contribution in [0.3, 0.4) is 0 Å². The van der Waals surface area contributed by atoms with Gasteiger partial charge in [0.1, 0.15) is 0 Å². The van der Waals surface area contributed by atoms with E-state index < -0.39 is 20.2 Å². The summed E-state index contributed by atoms with van der Waals surface area (Å²) in [5, 5.41) is 0. The smallest absolute Gasteiger partial charge is 0.264 e. The van der Waals surface area contributed by atoms with E-state index >= 15 is 0 Å². The van der Waals surface area contributed by atoms with Crippen LogP contribution in [0.2, 0.25) is 0 Å². The Bertz CT molecular complexity index is 521. The summed E-state index contributed by atoms with van der Waals surface area (Å²) in [5.74, 6) is -0.120. The molecule has 8 heteroatoms. The molecule has 0 aromatic rings. The van der Waals surface area contributed by atoms with Crippen molar-refractivity contribution in [2.75, 3.05) is 25.7 Å². The third-order valence-electron chi connectivity index (χ3n) is 3.52. The predicted molar refractivity (Wildman–Crippen MR) is 76.2 cm³/mol. The first-order valence-electron chi connectivity index (χ1n) is 6.32. The highest BCUT2D eigenvalue weighted by molar-refractivity contribution is 7.86. The van der Waals surface area contributed by atoms with Gasteiger partial charge >= 0.3 is 0 Å². The molecule has 0 aromatic heterocycles. The quantitative estimate of drug-likeness (QED) is 0.540. The van der Waals surface area contributed by atoms with E-state index in [0.29, 0.717) is 12.8 Å². The second-order valence-corrected chi connectivity index (χ2v) is 8.75. The van der Waals surface area contributed by atoms with Gasteiger partial charge in [-0.3, -0.25) is 8.37 Å². The van der Waals surface area contributed by atoms with Crippen molar-refractivity contribution in [3.63, 3.8) is 0 Å². The van der Waals surface area contributed by atoms with E-state index in [1.807, 2.05) is 13.8 Å². The second-order valence-electron chi connectivity index (χ2n) is 5.47. The Morgan fingerprint density at radius 3 is 1.40 bits per heavy atom. The Hall–Kier alpha value is -0.440. The van der Waals surface area contributed by atoms with E-state index in [9.17, 15) is 16.8 Å². The normalized spacial score (nSPS) is 25.0. The summed E-state index contributed by atoms with van der Waals surface area (Å²) in [6.07, 6.45) is 3.40. The van der Waals surface area contributed by atoms with Crippen LogP contribution in [0, 0.1) is 11.8 Å². The Morgan fingerprint density at radius 1 is 0.850 bits per heavy atom. The monoisotopic (exact) mass is 326 g/mol. The van der Waals surface area contributed by atoms with Gasteiger partial charge in [0.05, 0.1) is 25.7 Å². The molecule has 0 fully saturated rings. The molecule has 0 radical (unpaired) electrons. The molecular formula is C12H22O6S2. The molecule has 118 valence electrons. The van der Waals surface area contributed by atoms with Crippen LogP contribution >= 0.6 is 0 Å². The van der Waals surface area contributed by atoms with Crippen LogP contribution in [-0.2, 0) is 28.6 Å². The Balaban J connectivity index is 2.76.